The lowest BCUT2D eigenvalue weighted by atomic mass is 10.00. The summed E-state index contributed by atoms with van der Waals surface area (Å²) < 4.78 is 5.40. The molecule has 0 aliphatic carbocycles. The molecule has 0 saturated carbocycles. The third-order valence-electron chi connectivity index (χ3n) is 6.09. The zero-order valence-electron chi connectivity index (χ0n) is 23.4. The molecule has 2 atom stereocenters. The molecule has 3 aromatic rings. The van der Waals surface area contributed by atoms with Crippen molar-refractivity contribution in [1.82, 2.24) is 10.2 Å². The number of carbonyl (C=O) groups is 3. The lowest BCUT2D eigenvalue weighted by molar-refractivity contribution is -0.136. The molecule has 0 aliphatic heterocycles. The van der Waals surface area contributed by atoms with Gasteiger partial charge in [0.1, 0.15) is 23.4 Å². The zero-order chi connectivity index (χ0) is 29.4. The zero-order valence-corrected chi connectivity index (χ0v) is 23.4. The molecule has 8 heteroatoms. The van der Waals surface area contributed by atoms with E-state index in [9.17, 15) is 19.5 Å². The van der Waals surface area contributed by atoms with Gasteiger partial charge in [-0.15, -0.1) is 0 Å². The highest BCUT2D eigenvalue weighted by atomic mass is 16.6. The number of carbonyl (C=O) groups excluding carboxylic acids is 3. The van der Waals surface area contributed by atoms with Gasteiger partial charge in [-0.05, 0) is 69.0 Å². The van der Waals surface area contributed by atoms with Crippen LogP contribution in [-0.4, -0.2) is 39.6 Å². The number of ether oxygens (including phenoxy) is 1. The standard InChI is InChI=1S/C32H35N3O5/c1-7-35(30(38)26(20-23-14-9-8-10-15-23)33-31(39)40-32(4,5)6)28(24-16-18-25(36)19-17-24)29(37)34-27-21(2)12-11-13-22(27)3/h1,8-19,26,28,36H,20H2,2-6H3,(H,33,39)(H,34,37). The van der Waals surface area contributed by atoms with E-state index >= 15 is 0 Å². The molecular formula is C32H35N3O5. The first kappa shape index (κ1) is 29.8. The van der Waals surface area contributed by atoms with Crippen LogP contribution in [0.4, 0.5) is 10.5 Å². The minimum absolute atomic E-state index is 0.00946. The highest BCUT2D eigenvalue weighted by molar-refractivity contribution is 6.00. The predicted molar refractivity (Wildman–Crippen MR) is 154 cm³/mol. The van der Waals surface area contributed by atoms with E-state index in [1.807, 2.05) is 62.4 Å². The number of alkyl carbamates (subject to hydrolysis) is 1. The largest absolute Gasteiger partial charge is 0.508 e. The lowest BCUT2D eigenvalue weighted by Crippen LogP contribution is -2.51. The summed E-state index contributed by atoms with van der Waals surface area (Å²) in [6.07, 6.45) is 5.20. The molecule has 0 fully saturated rings. The minimum atomic E-state index is -1.27. The number of aromatic hydroxyl groups is 1. The highest BCUT2D eigenvalue weighted by Gasteiger charge is 2.36. The number of phenolic OH excluding ortho intramolecular Hbond substituents is 1. The van der Waals surface area contributed by atoms with Crippen LogP contribution in [0.5, 0.6) is 5.75 Å². The molecule has 8 nitrogen and oxygen atoms in total. The third-order valence-corrected chi connectivity index (χ3v) is 6.09. The molecule has 0 saturated heterocycles. The van der Waals surface area contributed by atoms with Gasteiger partial charge in [0.2, 0.25) is 0 Å². The van der Waals surface area contributed by atoms with Crippen molar-refractivity contribution in [2.75, 3.05) is 5.32 Å². The number of amides is 3. The van der Waals surface area contributed by atoms with Crippen LogP contribution in [-0.2, 0) is 20.7 Å². The smallest absolute Gasteiger partial charge is 0.408 e. The van der Waals surface area contributed by atoms with Crippen LogP contribution in [0, 0.1) is 26.3 Å². The van der Waals surface area contributed by atoms with Gasteiger partial charge in [-0.3, -0.25) is 14.5 Å². The Morgan fingerprint density at radius 3 is 2.10 bits per heavy atom. The van der Waals surface area contributed by atoms with E-state index in [0.29, 0.717) is 11.3 Å². The average Bonchev–Trinajstić information content (AvgIpc) is 2.89. The van der Waals surface area contributed by atoms with Crippen LogP contribution in [0.25, 0.3) is 0 Å². The number of nitrogens with one attached hydrogen (secondary N) is 2. The van der Waals surface area contributed by atoms with Crippen LogP contribution < -0.4 is 10.6 Å². The highest BCUT2D eigenvalue weighted by Crippen LogP contribution is 2.28. The van der Waals surface area contributed by atoms with Gasteiger partial charge < -0.3 is 20.5 Å². The second-order valence-corrected chi connectivity index (χ2v) is 10.5. The van der Waals surface area contributed by atoms with Crippen molar-refractivity contribution in [1.29, 1.82) is 0 Å². The van der Waals surface area contributed by atoms with Crippen molar-refractivity contribution in [3.05, 3.63) is 95.1 Å². The van der Waals surface area contributed by atoms with Crippen LogP contribution in [0.1, 0.15) is 49.1 Å². The Bertz CT molecular complexity index is 1370. The van der Waals surface area contributed by atoms with Gasteiger partial charge in [0.15, 0.2) is 0 Å². The number of terminal acetylenes is 1. The van der Waals surface area contributed by atoms with Crippen molar-refractivity contribution in [2.24, 2.45) is 0 Å². The summed E-state index contributed by atoms with van der Waals surface area (Å²) in [5, 5.41) is 15.4. The number of para-hydroxylation sites is 1. The summed E-state index contributed by atoms with van der Waals surface area (Å²) in [4.78, 5) is 41.6. The predicted octanol–water partition coefficient (Wildman–Crippen LogP) is 5.24. The second-order valence-electron chi connectivity index (χ2n) is 10.5. The van der Waals surface area contributed by atoms with E-state index in [-0.39, 0.29) is 12.2 Å². The Balaban J connectivity index is 2.02. The van der Waals surface area contributed by atoms with Crippen LogP contribution in [0.3, 0.4) is 0 Å². The van der Waals surface area contributed by atoms with Gasteiger partial charge in [0.05, 0.1) is 0 Å². The van der Waals surface area contributed by atoms with E-state index in [0.717, 1.165) is 21.6 Å². The molecule has 0 aromatic heterocycles. The number of hydrogen-bond donors (Lipinski definition) is 3. The SMILES string of the molecule is C#CN(C(=O)C(Cc1ccccc1)NC(=O)OC(C)(C)C)C(C(=O)Nc1c(C)cccc1C)c1ccc(O)cc1. The fourth-order valence-corrected chi connectivity index (χ4v) is 4.21. The number of rotatable bonds is 8. The normalized spacial score (nSPS) is 12.4. The van der Waals surface area contributed by atoms with Crippen molar-refractivity contribution in [3.8, 4) is 18.2 Å². The molecular weight excluding hydrogens is 506 g/mol. The molecule has 2 unspecified atom stereocenters. The monoisotopic (exact) mass is 541 g/mol. The number of benzene rings is 3. The van der Waals surface area contributed by atoms with Crippen molar-refractivity contribution in [2.45, 2.75) is 58.7 Å². The van der Waals surface area contributed by atoms with Gasteiger partial charge in [-0.25, -0.2) is 4.79 Å². The summed E-state index contributed by atoms with van der Waals surface area (Å²) >= 11 is 0. The van der Waals surface area contributed by atoms with Crippen LogP contribution >= 0.6 is 0 Å². The van der Waals surface area contributed by atoms with E-state index in [1.165, 1.54) is 24.3 Å². The molecule has 0 aliphatic rings. The second kappa shape index (κ2) is 12.9. The van der Waals surface area contributed by atoms with Crippen LogP contribution in [0.15, 0.2) is 72.8 Å². The summed E-state index contributed by atoms with van der Waals surface area (Å²) in [5.41, 5.74) is 2.64. The molecule has 208 valence electrons. The Hall–Kier alpha value is -4.77. The number of nitrogens with zero attached hydrogens (tertiary/aromatic N) is 1. The fraction of sp³-hybridized carbons (Fsp3) is 0.281. The summed E-state index contributed by atoms with van der Waals surface area (Å²) in [6, 6.07) is 20.6. The Labute approximate surface area is 235 Å². The van der Waals surface area contributed by atoms with E-state index in [4.69, 9.17) is 11.2 Å². The Morgan fingerprint density at radius 2 is 1.55 bits per heavy atom. The Kier molecular flexibility index (Phi) is 9.57. The molecule has 3 amide bonds. The van der Waals surface area contributed by atoms with Gasteiger partial charge in [-0.1, -0.05) is 67.1 Å². The third kappa shape index (κ3) is 7.87. The van der Waals surface area contributed by atoms with Crippen LogP contribution in [0.2, 0.25) is 0 Å². The van der Waals surface area contributed by atoms with E-state index in [2.05, 4.69) is 16.7 Å². The first-order chi connectivity index (χ1) is 18.9. The maximum Gasteiger partial charge on any atom is 0.408 e. The maximum atomic E-state index is 14.0. The van der Waals surface area contributed by atoms with E-state index in [1.54, 1.807) is 20.8 Å². The lowest BCUT2D eigenvalue weighted by Gasteiger charge is -2.31. The summed E-state index contributed by atoms with van der Waals surface area (Å²) in [7, 11) is 0. The first-order valence-electron chi connectivity index (χ1n) is 12.9. The number of aryl methyl sites for hydroxylation is 2. The van der Waals surface area contributed by atoms with Crippen molar-refractivity contribution >= 4 is 23.6 Å². The maximum absolute atomic E-state index is 14.0. The van der Waals surface area contributed by atoms with E-state index < -0.39 is 35.6 Å². The molecule has 0 bridgehead atoms. The Morgan fingerprint density at radius 1 is 0.950 bits per heavy atom. The molecule has 0 spiro atoms. The summed E-state index contributed by atoms with van der Waals surface area (Å²) in [5.74, 6) is -1.23. The topological polar surface area (TPSA) is 108 Å². The quantitative estimate of drug-likeness (QED) is 0.267. The molecule has 0 radical (unpaired) electrons. The van der Waals surface area contributed by atoms with Gasteiger partial charge >= 0.3 is 6.09 Å². The average molecular weight is 542 g/mol. The number of phenols is 1. The molecule has 3 N–H and O–H groups in total. The number of hydrogen-bond acceptors (Lipinski definition) is 5. The number of anilines is 1. The van der Waals surface area contributed by atoms with Crippen molar-refractivity contribution in [3.63, 3.8) is 0 Å². The molecule has 40 heavy (non-hydrogen) atoms. The first-order valence-corrected chi connectivity index (χ1v) is 12.9. The molecule has 3 rings (SSSR count). The van der Waals surface area contributed by atoms with Gasteiger partial charge in [-0.2, -0.15) is 0 Å². The molecule has 3 aromatic carbocycles. The minimum Gasteiger partial charge on any atom is -0.508 e. The summed E-state index contributed by atoms with van der Waals surface area (Å²) in [6.45, 7) is 8.87. The molecule has 0 heterocycles. The van der Waals surface area contributed by atoms with Gasteiger partial charge in [0, 0.05) is 18.2 Å². The van der Waals surface area contributed by atoms with Crippen molar-refractivity contribution < 1.29 is 24.2 Å². The fourth-order valence-electron chi connectivity index (χ4n) is 4.21. The van der Waals surface area contributed by atoms with Gasteiger partial charge in [0.25, 0.3) is 11.8 Å².